The second kappa shape index (κ2) is 8.95. The number of benzene rings is 2. The molecule has 1 fully saturated rings. The van der Waals surface area contributed by atoms with Crippen molar-refractivity contribution in [3.63, 3.8) is 0 Å². The van der Waals surface area contributed by atoms with Gasteiger partial charge in [-0.25, -0.2) is 4.99 Å². The third-order valence-corrected chi connectivity index (χ3v) is 6.70. The Morgan fingerprint density at radius 3 is 2.48 bits per heavy atom. The SMILES string of the molecule is CCN1C(=O)/C(=C\c2ccc(-c3ccc(Cl)c(Cl)c3)o2)SC1=Nc1c(C)cccc1C. The summed E-state index contributed by atoms with van der Waals surface area (Å²) in [7, 11) is 0. The van der Waals surface area contributed by atoms with Gasteiger partial charge < -0.3 is 4.42 Å². The van der Waals surface area contributed by atoms with Gasteiger partial charge >= 0.3 is 0 Å². The summed E-state index contributed by atoms with van der Waals surface area (Å²) in [5.74, 6) is 1.16. The maximum atomic E-state index is 13.0. The van der Waals surface area contributed by atoms with Crippen LogP contribution in [0.1, 0.15) is 23.8 Å². The maximum absolute atomic E-state index is 13.0. The number of aryl methyl sites for hydroxylation is 2. The van der Waals surface area contributed by atoms with Crippen LogP contribution in [0.15, 0.2) is 62.8 Å². The largest absolute Gasteiger partial charge is 0.457 e. The molecule has 1 aliphatic heterocycles. The summed E-state index contributed by atoms with van der Waals surface area (Å²) in [6, 6.07) is 15.0. The number of furan rings is 1. The highest BCUT2D eigenvalue weighted by molar-refractivity contribution is 8.18. The molecule has 3 aromatic rings. The number of amidine groups is 1. The molecule has 1 aromatic heterocycles. The van der Waals surface area contributed by atoms with Crippen LogP contribution in [-0.4, -0.2) is 22.5 Å². The van der Waals surface area contributed by atoms with E-state index in [-0.39, 0.29) is 5.91 Å². The fraction of sp³-hybridized carbons (Fsp3) is 0.167. The standard InChI is InChI=1S/C24H20Cl2N2O2S/c1-4-28-23(29)21(31-24(28)27-22-14(2)6-5-7-15(22)3)13-17-9-11-20(30-17)16-8-10-18(25)19(26)12-16/h5-13H,4H2,1-3H3/b21-13+,27-24?. The van der Waals surface area contributed by atoms with E-state index < -0.39 is 0 Å². The van der Waals surface area contributed by atoms with Gasteiger partial charge in [-0.3, -0.25) is 9.69 Å². The number of rotatable bonds is 4. The second-order valence-corrected chi connectivity index (χ2v) is 8.95. The Hall–Kier alpha value is -2.47. The molecule has 2 aromatic carbocycles. The first-order chi connectivity index (χ1) is 14.9. The quantitative estimate of drug-likeness (QED) is 0.370. The van der Waals surface area contributed by atoms with Gasteiger partial charge in [-0.15, -0.1) is 0 Å². The number of para-hydroxylation sites is 1. The molecule has 2 heterocycles. The second-order valence-electron chi connectivity index (χ2n) is 7.13. The summed E-state index contributed by atoms with van der Waals surface area (Å²) in [5, 5.41) is 1.62. The van der Waals surface area contributed by atoms with Gasteiger partial charge in [0.2, 0.25) is 0 Å². The summed E-state index contributed by atoms with van der Waals surface area (Å²) >= 11 is 13.5. The summed E-state index contributed by atoms with van der Waals surface area (Å²) in [5.41, 5.74) is 3.87. The van der Waals surface area contributed by atoms with Gasteiger partial charge in [0.1, 0.15) is 11.5 Å². The summed E-state index contributed by atoms with van der Waals surface area (Å²) < 4.78 is 5.93. The molecule has 1 aliphatic rings. The first-order valence-corrected chi connectivity index (χ1v) is 11.4. The summed E-state index contributed by atoms with van der Waals surface area (Å²) in [4.78, 5) is 20.0. The van der Waals surface area contributed by atoms with Crippen LogP contribution < -0.4 is 0 Å². The van der Waals surface area contributed by atoms with Gasteiger partial charge in [-0.1, -0.05) is 41.4 Å². The molecular weight excluding hydrogens is 451 g/mol. The van der Waals surface area contributed by atoms with E-state index in [1.54, 1.807) is 23.1 Å². The van der Waals surface area contributed by atoms with Crippen molar-refractivity contribution in [3.8, 4) is 11.3 Å². The van der Waals surface area contributed by atoms with Crippen LogP contribution in [0.2, 0.25) is 10.0 Å². The number of aliphatic imine (C=N–C) groups is 1. The Kier molecular flexibility index (Phi) is 6.28. The molecular formula is C24H20Cl2N2O2S. The monoisotopic (exact) mass is 470 g/mol. The Labute approximate surface area is 195 Å². The first-order valence-electron chi connectivity index (χ1n) is 9.79. The zero-order chi connectivity index (χ0) is 22.1. The van der Waals surface area contributed by atoms with E-state index >= 15 is 0 Å². The van der Waals surface area contributed by atoms with Crippen LogP contribution in [0.3, 0.4) is 0 Å². The number of carbonyl (C=O) groups excluding carboxylic acids is 1. The number of hydrogen-bond acceptors (Lipinski definition) is 4. The molecule has 0 radical (unpaired) electrons. The molecule has 0 spiro atoms. The Bertz CT molecular complexity index is 1210. The van der Waals surface area contributed by atoms with Crippen molar-refractivity contribution in [2.24, 2.45) is 4.99 Å². The van der Waals surface area contributed by atoms with Crippen LogP contribution >= 0.6 is 35.0 Å². The molecule has 0 unspecified atom stereocenters. The van der Waals surface area contributed by atoms with Crippen molar-refractivity contribution in [3.05, 3.63) is 80.4 Å². The number of nitrogens with zero attached hydrogens (tertiary/aromatic N) is 2. The van der Waals surface area contributed by atoms with Gasteiger partial charge in [0, 0.05) is 18.2 Å². The van der Waals surface area contributed by atoms with Crippen LogP contribution in [0.5, 0.6) is 0 Å². The van der Waals surface area contributed by atoms with Crippen molar-refractivity contribution < 1.29 is 9.21 Å². The number of halogens is 2. The number of carbonyl (C=O) groups is 1. The van der Waals surface area contributed by atoms with E-state index in [0.717, 1.165) is 22.4 Å². The van der Waals surface area contributed by atoms with E-state index in [1.807, 2.05) is 57.2 Å². The fourth-order valence-corrected chi connectivity index (χ4v) is 4.64. The lowest BCUT2D eigenvalue weighted by atomic mass is 10.1. The fourth-order valence-electron chi connectivity index (χ4n) is 3.31. The minimum Gasteiger partial charge on any atom is -0.457 e. The molecule has 1 amide bonds. The van der Waals surface area contributed by atoms with Crippen LogP contribution in [0, 0.1) is 13.8 Å². The van der Waals surface area contributed by atoms with Crippen molar-refractivity contribution in [2.45, 2.75) is 20.8 Å². The third-order valence-electron chi connectivity index (χ3n) is 4.96. The number of amides is 1. The molecule has 7 heteroatoms. The predicted octanol–water partition coefficient (Wildman–Crippen LogP) is 7.49. The third kappa shape index (κ3) is 4.45. The molecule has 4 rings (SSSR count). The van der Waals surface area contributed by atoms with E-state index in [2.05, 4.69) is 0 Å². The van der Waals surface area contributed by atoms with E-state index in [9.17, 15) is 4.79 Å². The lowest BCUT2D eigenvalue weighted by molar-refractivity contribution is -0.122. The smallest absolute Gasteiger partial charge is 0.266 e. The summed E-state index contributed by atoms with van der Waals surface area (Å²) in [6.07, 6.45) is 1.75. The van der Waals surface area contributed by atoms with Crippen molar-refractivity contribution in [1.82, 2.24) is 4.90 Å². The molecule has 4 nitrogen and oxygen atoms in total. The van der Waals surface area contributed by atoms with Crippen molar-refractivity contribution in [2.75, 3.05) is 6.54 Å². The predicted molar refractivity (Wildman–Crippen MR) is 130 cm³/mol. The molecule has 0 aliphatic carbocycles. The van der Waals surface area contributed by atoms with E-state index in [4.69, 9.17) is 32.6 Å². The van der Waals surface area contributed by atoms with Crippen LogP contribution in [0.4, 0.5) is 5.69 Å². The minimum atomic E-state index is -0.0787. The Morgan fingerprint density at radius 2 is 1.81 bits per heavy atom. The van der Waals surface area contributed by atoms with Crippen molar-refractivity contribution in [1.29, 1.82) is 0 Å². The van der Waals surface area contributed by atoms with Gasteiger partial charge in [0.05, 0.1) is 20.6 Å². The van der Waals surface area contributed by atoms with Gasteiger partial charge in [0.15, 0.2) is 5.17 Å². The van der Waals surface area contributed by atoms with Gasteiger partial charge in [0.25, 0.3) is 5.91 Å². The molecule has 0 N–H and O–H groups in total. The number of thioether (sulfide) groups is 1. The first kappa shape index (κ1) is 21.8. The maximum Gasteiger partial charge on any atom is 0.266 e. The molecule has 158 valence electrons. The normalized spacial score (nSPS) is 16.7. The van der Waals surface area contributed by atoms with Gasteiger partial charge in [-0.2, -0.15) is 0 Å². The van der Waals surface area contributed by atoms with Gasteiger partial charge in [-0.05, 0) is 74.0 Å². The number of likely N-dealkylation sites (N-methyl/N-ethyl adjacent to an activating group) is 1. The van der Waals surface area contributed by atoms with Crippen molar-refractivity contribution >= 4 is 57.8 Å². The molecule has 31 heavy (non-hydrogen) atoms. The van der Waals surface area contributed by atoms with Crippen LogP contribution in [-0.2, 0) is 4.79 Å². The molecule has 1 saturated heterocycles. The number of hydrogen-bond donors (Lipinski definition) is 0. The molecule has 0 atom stereocenters. The average Bonchev–Trinajstić information content (AvgIpc) is 3.32. The highest BCUT2D eigenvalue weighted by atomic mass is 35.5. The topological polar surface area (TPSA) is 45.8 Å². The zero-order valence-corrected chi connectivity index (χ0v) is 19.6. The lowest BCUT2D eigenvalue weighted by Gasteiger charge is -2.13. The van der Waals surface area contributed by atoms with E-state index in [0.29, 0.717) is 38.2 Å². The van der Waals surface area contributed by atoms with E-state index in [1.165, 1.54) is 11.8 Å². The Balaban J connectivity index is 1.65. The highest BCUT2D eigenvalue weighted by Gasteiger charge is 2.32. The summed E-state index contributed by atoms with van der Waals surface area (Å²) in [6.45, 7) is 6.53. The average molecular weight is 471 g/mol. The Morgan fingerprint density at radius 1 is 1.06 bits per heavy atom. The van der Waals surface area contributed by atoms with Crippen LogP contribution in [0.25, 0.3) is 17.4 Å². The zero-order valence-electron chi connectivity index (χ0n) is 17.3. The highest BCUT2D eigenvalue weighted by Crippen LogP contribution is 2.36. The molecule has 0 saturated carbocycles. The molecule has 0 bridgehead atoms. The minimum absolute atomic E-state index is 0.0787. The lowest BCUT2D eigenvalue weighted by Crippen LogP contribution is -2.28.